The number of carbonyl (C=O) groups excluding carboxylic acids is 1. The summed E-state index contributed by atoms with van der Waals surface area (Å²) in [5, 5.41) is 13.2. The molecule has 0 aliphatic carbocycles. The summed E-state index contributed by atoms with van der Waals surface area (Å²) in [7, 11) is 1.60. The molecule has 0 atom stereocenters. The lowest BCUT2D eigenvalue weighted by Crippen LogP contribution is -2.18. The summed E-state index contributed by atoms with van der Waals surface area (Å²) in [4.78, 5) is 12.4. The lowest BCUT2D eigenvalue weighted by atomic mass is 10.1. The van der Waals surface area contributed by atoms with Crippen molar-refractivity contribution in [3.8, 4) is 17.0 Å². The highest BCUT2D eigenvalue weighted by atomic mass is 16.5. The molecule has 6 nitrogen and oxygen atoms in total. The molecule has 0 unspecified atom stereocenters. The lowest BCUT2D eigenvalue weighted by molar-refractivity contribution is 0.0950. The van der Waals surface area contributed by atoms with E-state index >= 15 is 0 Å². The van der Waals surface area contributed by atoms with Gasteiger partial charge >= 0.3 is 0 Å². The normalized spacial score (nSPS) is 11.0. The maximum atomic E-state index is 12.4. The smallest absolute Gasteiger partial charge is 0.289 e. The number of methoxy groups -OCH3 is 1. The molecule has 138 valence electrons. The first-order valence-corrected chi connectivity index (χ1v) is 8.76. The number of hydrazone groups is 1. The summed E-state index contributed by atoms with van der Waals surface area (Å²) in [6.45, 7) is 0. The van der Waals surface area contributed by atoms with E-state index in [0.717, 1.165) is 21.9 Å². The van der Waals surface area contributed by atoms with Crippen LogP contribution in [0.25, 0.3) is 22.0 Å². The van der Waals surface area contributed by atoms with Gasteiger partial charge in [0, 0.05) is 11.1 Å². The number of H-pyrrole nitrogens is 1. The van der Waals surface area contributed by atoms with Crippen LogP contribution in [0, 0.1) is 0 Å². The number of hydrogen-bond acceptors (Lipinski definition) is 4. The van der Waals surface area contributed by atoms with E-state index in [1.54, 1.807) is 19.4 Å². The summed E-state index contributed by atoms with van der Waals surface area (Å²) in [6.07, 6.45) is 1.64. The third kappa shape index (κ3) is 3.48. The van der Waals surface area contributed by atoms with Crippen LogP contribution in [0.15, 0.2) is 77.9 Å². The first kappa shape index (κ1) is 17.5. The number of hydrogen-bond donors (Lipinski definition) is 2. The zero-order chi connectivity index (χ0) is 19.3. The third-order valence-corrected chi connectivity index (χ3v) is 4.40. The molecule has 0 saturated carbocycles. The molecule has 4 rings (SSSR count). The lowest BCUT2D eigenvalue weighted by Gasteiger charge is -2.04. The van der Waals surface area contributed by atoms with Gasteiger partial charge in [0.1, 0.15) is 11.4 Å². The summed E-state index contributed by atoms with van der Waals surface area (Å²) in [5.74, 6) is 0.320. The second-order valence-corrected chi connectivity index (χ2v) is 6.13. The molecule has 1 aromatic heterocycles. The van der Waals surface area contributed by atoms with E-state index in [-0.39, 0.29) is 5.91 Å². The topological polar surface area (TPSA) is 79.4 Å². The summed E-state index contributed by atoms with van der Waals surface area (Å²) < 4.78 is 5.34. The Kier molecular flexibility index (Phi) is 4.84. The van der Waals surface area contributed by atoms with Gasteiger partial charge in [-0.15, -0.1) is 0 Å². The predicted molar refractivity (Wildman–Crippen MR) is 110 cm³/mol. The Bertz CT molecular complexity index is 1160. The number of rotatable bonds is 5. The molecule has 0 fully saturated rings. The molecule has 0 saturated heterocycles. The Morgan fingerprint density at radius 1 is 1.07 bits per heavy atom. The Hall–Kier alpha value is -3.93. The van der Waals surface area contributed by atoms with E-state index in [1.165, 1.54) is 0 Å². The molecular formula is C22H18N4O2. The second-order valence-electron chi connectivity index (χ2n) is 6.13. The quantitative estimate of drug-likeness (QED) is 0.412. The van der Waals surface area contributed by atoms with Crippen molar-refractivity contribution in [3.05, 3.63) is 84.1 Å². The van der Waals surface area contributed by atoms with Gasteiger partial charge < -0.3 is 4.74 Å². The SMILES string of the molecule is COc1ccccc1-c1cc(C(=O)N/N=C/c2cccc3ccccc23)[nH]n1. The van der Waals surface area contributed by atoms with Crippen LogP contribution in [0.1, 0.15) is 16.1 Å². The number of fused-ring (bicyclic) bond motifs is 1. The molecule has 3 aromatic carbocycles. The minimum absolute atomic E-state index is 0.316. The van der Waals surface area contributed by atoms with Crippen LogP contribution in [0.4, 0.5) is 0 Å². The molecular weight excluding hydrogens is 352 g/mol. The molecule has 0 bridgehead atoms. The highest BCUT2D eigenvalue weighted by Gasteiger charge is 2.13. The maximum absolute atomic E-state index is 12.4. The summed E-state index contributed by atoms with van der Waals surface area (Å²) >= 11 is 0. The van der Waals surface area contributed by atoms with Gasteiger partial charge in [-0.1, -0.05) is 54.6 Å². The molecule has 28 heavy (non-hydrogen) atoms. The van der Waals surface area contributed by atoms with Crippen molar-refractivity contribution in [3.63, 3.8) is 0 Å². The van der Waals surface area contributed by atoms with Crippen LogP contribution < -0.4 is 10.2 Å². The van der Waals surface area contributed by atoms with Gasteiger partial charge in [0.2, 0.25) is 0 Å². The van der Waals surface area contributed by atoms with E-state index in [9.17, 15) is 4.79 Å². The average Bonchev–Trinajstić information content (AvgIpc) is 3.24. The Labute approximate surface area is 161 Å². The van der Waals surface area contributed by atoms with Crippen molar-refractivity contribution < 1.29 is 9.53 Å². The molecule has 0 aliphatic rings. The number of benzene rings is 3. The van der Waals surface area contributed by atoms with Gasteiger partial charge in [-0.25, -0.2) is 5.43 Å². The first-order chi connectivity index (χ1) is 13.8. The Morgan fingerprint density at radius 2 is 1.86 bits per heavy atom. The van der Waals surface area contributed by atoms with Crippen LogP contribution in [0.3, 0.4) is 0 Å². The van der Waals surface area contributed by atoms with Gasteiger partial charge in [-0.3, -0.25) is 9.89 Å². The van der Waals surface area contributed by atoms with Gasteiger partial charge in [0.15, 0.2) is 0 Å². The van der Waals surface area contributed by atoms with Gasteiger partial charge in [-0.05, 0) is 29.0 Å². The van der Waals surface area contributed by atoms with Crippen molar-refractivity contribution in [1.29, 1.82) is 0 Å². The fourth-order valence-corrected chi connectivity index (χ4v) is 3.02. The zero-order valence-corrected chi connectivity index (χ0v) is 15.2. The van der Waals surface area contributed by atoms with Crippen LogP contribution in [-0.2, 0) is 0 Å². The highest BCUT2D eigenvalue weighted by molar-refractivity contribution is 6.00. The third-order valence-electron chi connectivity index (χ3n) is 4.40. The summed E-state index contributed by atoms with van der Waals surface area (Å²) in [5.41, 5.74) is 5.21. The minimum Gasteiger partial charge on any atom is -0.496 e. The number of ether oxygens (including phenoxy) is 1. The fraction of sp³-hybridized carbons (Fsp3) is 0.0455. The van der Waals surface area contributed by atoms with Crippen molar-refractivity contribution in [1.82, 2.24) is 15.6 Å². The number of nitrogens with zero attached hydrogens (tertiary/aromatic N) is 2. The van der Waals surface area contributed by atoms with E-state index < -0.39 is 0 Å². The zero-order valence-electron chi connectivity index (χ0n) is 15.2. The maximum Gasteiger partial charge on any atom is 0.289 e. The number of para-hydroxylation sites is 1. The van der Waals surface area contributed by atoms with E-state index in [0.29, 0.717) is 17.1 Å². The fourth-order valence-electron chi connectivity index (χ4n) is 3.02. The molecule has 0 radical (unpaired) electrons. The monoisotopic (exact) mass is 370 g/mol. The Morgan fingerprint density at radius 3 is 2.75 bits per heavy atom. The van der Waals surface area contributed by atoms with E-state index in [2.05, 4.69) is 20.7 Å². The van der Waals surface area contributed by atoms with Gasteiger partial charge in [0.05, 0.1) is 19.0 Å². The number of carbonyl (C=O) groups is 1. The highest BCUT2D eigenvalue weighted by Crippen LogP contribution is 2.28. The molecule has 0 spiro atoms. The summed E-state index contributed by atoms with van der Waals surface area (Å²) in [6, 6.07) is 23.1. The molecule has 1 heterocycles. The molecule has 4 aromatic rings. The molecule has 1 amide bonds. The van der Waals surface area contributed by atoms with Crippen LogP contribution >= 0.6 is 0 Å². The minimum atomic E-state index is -0.370. The first-order valence-electron chi connectivity index (χ1n) is 8.76. The van der Waals surface area contributed by atoms with Crippen LogP contribution in [0.5, 0.6) is 5.75 Å². The van der Waals surface area contributed by atoms with Crippen molar-refractivity contribution in [2.75, 3.05) is 7.11 Å². The Balaban J connectivity index is 1.50. The van der Waals surface area contributed by atoms with Gasteiger partial charge in [0.25, 0.3) is 5.91 Å². The van der Waals surface area contributed by atoms with E-state index in [4.69, 9.17) is 4.74 Å². The number of nitrogens with one attached hydrogen (secondary N) is 2. The standard InChI is InChI=1S/C22H18N4O2/c1-28-21-12-5-4-11-18(21)19-13-20(25-24-19)22(27)26-23-14-16-9-6-8-15-7-2-3-10-17(15)16/h2-14H,1H3,(H,24,25)(H,26,27)/b23-14+. The number of aromatic amines is 1. The van der Waals surface area contributed by atoms with Crippen LogP contribution in [0.2, 0.25) is 0 Å². The number of amides is 1. The molecule has 2 N–H and O–H groups in total. The largest absolute Gasteiger partial charge is 0.496 e. The van der Waals surface area contributed by atoms with Crippen molar-refractivity contribution >= 4 is 22.9 Å². The molecule has 0 aliphatic heterocycles. The molecule has 6 heteroatoms. The average molecular weight is 370 g/mol. The second kappa shape index (κ2) is 7.75. The van der Waals surface area contributed by atoms with Crippen LogP contribution in [-0.4, -0.2) is 29.4 Å². The van der Waals surface area contributed by atoms with Crippen molar-refractivity contribution in [2.24, 2.45) is 5.10 Å². The van der Waals surface area contributed by atoms with E-state index in [1.807, 2.05) is 66.7 Å². The predicted octanol–water partition coefficient (Wildman–Crippen LogP) is 4.00. The van der Waals surface area contributed by atoms with Crippen molar-refractivity contribution in [2.45, 2.75) is 0 Å². The van der Waals surface area contributed by atoms with Gasteiger partial charge in [-0.2, -0.15) is 10.2 Å². The number of aromatic nitrogens is 2.